The fraction of sp³-hybridized carbons (Fsp3) is 0.900. The van der Waals surface area contributed by atoms with Crippen LogP contribution in [0.25, 0.3) is 0 Å². The molecule has 1 saturated heterocycles. The summed E-state index contributed by atoms with van der Waals surface area (Å²) in [6, 6.07) is 0.402. The van der Waals surface area contributed by atoms with Gasteiger partial charge < -0.3 is 15.5 Å². The van der Waals surface area contributed by atoms with Gasteiger partial charge in [-0.2, -0.15) is 0 Å². The van der Waals surface area contributed by atoms with Gasteiger partial charge in [-0.1, -0.05) is 34.6 Å². The summed E-state index contributed by atoms with van der Waals surface area (Å²) < 4.78 is 0. The fourth-order valence-electron chi connectivity index (χ4n) is 3.35. The number of likely N-dealkylation sites (tertiary alicyclic amines) is 1. The molecular weight excluding hydrogens is 312 g/mol. The number of rotatable bonds is 7. The van der Waals surface area contributed by atoms with Gasteiger partial charge >= 0.3 is 0 Å². The van der Waals surface area contributed by atoms with Crippen LogP contribution < -0.4 is 10.6 Å². The minimum atomic E-state index is 0.196. The Bertz CT molecular complexity index is 416. The van der Waals surface area contributed by atoms with Gasteiger partial charge in [0, 0.05) is 38.6 Å². The Balaban J connectivity index is 2.33. The van der Waals surface area contributed by atoms with Gasteiger partial charge in [-0.3, -0.25) is 9.79 Å². The topological polar surface area (TPSA) is 56.7 Å². The van der Waals surface area contributed by atoms with E-state index in [1.54, 1.807) is 0 Å². The van der Waals surface area contributed by atoms with E-state index in [9.17, 15) is 4.79 Å². The van der Waals surface area contributed by atoms with Gasteiger partial charge in [0.15, 0.2) is 5.96 Å². The molecule has 0 aromatic rings. The number of aliphatic imine (C=N–C) groups is 1. The number of amides is 1. The maximum atomic E-state index is 12.5. The zero-order valence-corrected chi connectivity index (χ0v) is 17.3. The Hall–Kier alpha value is -1.26. The largest absolute Gasteiger partial charge is 0.356 e. The van der Waals surface area contributed by atoms with Crippen molar-refractivity contribution in [2.24, 2.45) is 16.3 Å². The van der Waals surface area contributed by atoms with Crippen LogP contribution in [0.3, 0.4) is 0 Å². The quantitative estimate of drug-likeness (QED) is 0.419. The number of carbonyl (C=O) groups is 1. The highest BCUT2D eigenvalue weighted by Crippen LogP contribution is 2.20. The Morgan fingerprint density at radius 2 is 1.80 bits per heavy atom. The molecule has 1 rings (SSSR count). The van der Waals surface area contributed by atoms with Crippen LogP contribution in [0.4, 0.5) is 0 Å². The second-order valence-electron chi connectivity index (χ2n) is 8.42. The summed E-state index contributed by atoms with van der Waals surface area (Å²) >= 11 is 0. The van der Waals surface area contributed by atoms with Crippen molar-refractivity contribution >= 4 is 11.9 Å². The number of piperidine rings is 1. The minimum absolute atomic E-state index is 0.196. The van der Waals surface area contributed by atoms with Gasteiger partial charge in [-0.05, 0) is 43.9 Å². The number of hydrogen-bond donors (Lipinski definition) is 2. The normalized spacial score (nSPS) is 17.1. The van der Waals surface area contributed by atoms with Crippen molar-refractivity contribution in [1.29, 1.82) is 0 Å². The molecule has 5 heteroatoms. The third-order valence-corrected chi connectivity index (χ3v) is 5.10. The molecule has 146 valence electrons. The summed E-state index contributed by atoms with van der Waals surface area (Å²) in [7, 11) is 1.82. The summed E-state index contributed by atoms with van der Waals surface area (Å²) in [6.45, 7) is 13.7. The van der Waals surface area contributed by atoms with Crippen LogP contribution in [-0.2, 0) is 4.79 Å². The average Bonchev–Trinajstić information content (AvgIpc) is 2.58. The lowest BCUT2D eigenvalue weighted by molar-refractivity contribution is -0.136. The van der Waals surface area contributed by atoms with E-state index >= 15 is 0 Å². The number of guanidine groups is 1. The van der Waals surface area contributed by atoms with E-state index < -0.39 is 0 Å². The van der Waals surface area contributed by atoms with E-state index in [0.29, 0.717) is 17.4 Å². The number of nitrogens with one attached hydrogen (secondary N) is 2. The van der Waals surface area contributed by atoms with Crippen molar-refractivity contribution in [1.82, 2.24) is 15.5 Å². The molecule has 0 aromatic carbocycles. The summed E-state index contributed by atoms with van der Waals surface area (Å²) in [5.41, 5.74) is 0.382. The smallest absolute Gasteiger partial charge is 0.225 e. The number of nitrogens with zero attached hydrogens (tertiary/aromatic N) is 2. The summed E-state index contributed by atoms with van der Waals surface area (Å²) in [5, 5.41) is 6.94. The molecule has 1 heterocycles. The van der Waals surface area contributed by atoms with Gasteiger partial charge in [0.2, 0.25) is 5.91 Å². The number of carbonyl (C=O) groups excluding carboxylic acids is 1. The minimum Gasteiger partial charge on any atom is -0.356 e. The molecule has 0 unspecified atom stereocenters. The van der Waals surface area contributed by atoms with E-state index in [1.165, 1.54) is 6.42 Å². The third kappa shape index (κ3) is 8.10. The van der Waals surface area contributed by atoms with Crippen molar-refractivity contribution in [2.75, 3.05) is 26.7 Å². The first-order valence-corrected chi connectivity index (χ1v) is 10.1. The Kier molecular flexibility index (Phi) is 9.30. The van der Waals surface area contributed by atoms with Crippen molar-refractivity contribution < 1.29 is 4.79 Å². The van der Waals surface area contributed by atoms with E-state index in [1.807, 2.05) is 7.05 Å². The summed E-state index contributed by atoms with van der Waals surface area (Å²) in [6.07, 6.45) is 6.22. The third-order valence-electron chi connectivity index (χ3n) is 5.10. The van der Waals surface area contributed by atoms with Gasteiger partial charge in [-0.25, -0.2) is 0 Å². The molecule has 0 spiro atoms. The van der Waals surface area contributed by atoms with Crippen LogP contribution in [0.15, 0.2) is 4.99 Å². The van der Waals surface area contributed by atoms with Crippen molar-refractivity contribution in [3.63, 3.8) is 0 Å². The van der Waals surface area contributed by atoms with E-state index in [-0.39, 0.29) is 5.92 Å². The van der Waals surface area contributed by atoms with E-state index in [0.717, 1.165) is 57.7 Å². The molecular formula is C20H40N4O. The average molecular weight is 353 g/mol. The van der Waals surface area contributed by atoms with Gasteiger partial charge in [0.05, 0.1) is 0 Å². The van der Waals surface area contributed by atoms with Gasteiger partial charge in [0.1, 0.15) is 0 Å². The standard InChI is InChI=1S/C20H40N4O/c1-7-16(8-2)18(25)24-14-10-17(11-15-24)23-19(21-6)22-13-9-12-20(3,4)5/h16-17H,7-15H2,1-6H3,(H2,21,22,23). The monoisotopic (exact) mass is 352 g/mol. The fourth-order valence-corrected chi connectivity index (χ4v) is 3.35. The maximum absolute atomic E-state index is 12.5. The summed E-state index contributed by atoms with van der Waals surface area (Å²) in [4.78, 5) is 18.9. The molecule has 25 heavy (non-hydrogen) atoms. The lowest BCUT2D eigenvalue weighted by Gasteiger charge is -2.35. The molecule has 1 amide bonds. The molecule has 0 radical (unpaired) electrons. The van der Waals surface area contributed by atoms with Crippen molar-refractivity contribution in [3.05, 3.63) is 0 Å². The lowest BCUT2D eigenvalue weighted by atomic mass is 9.91. The molecule has 1 fully saturated rings. The lowest BCUT2D eigenvalue weighted by Crippen LogP contribution is -2.50. The molecule has 1 aliphatic heterocycles. The van der Waals surface area contributed by atoms with Crippen LogP contribution in [0.5, 0.6) is 0 Å². The van der Waals surface area contributed by atoms with Crippen LogP contribution in [0.1, 0.15) is 73.1 Å². The molecule has 2 N–H and O–H groups in total. The predicted octanol–water partition coefficient (Wildman–Crippen LogP) is 3.40. The van der Waals surface area contributed by atoms with Crippen molar-refractivity contribution in [3.8, 4) is 0 Å². The van der Waals surface area contributed by atoms with Crippen LogP contribution in [-0.4, -0.2) is 49.5 Å². The van der Waals surface area contributed by atoms with Crippen LogP contribution in [0.2, 0.25) is 0 Å². The zero-order chi connectivity index (χ0) is 18.9. The highest BCUT2D eigenvalue weighted by Gasteiger charge is 2.26. The first kappa shape index (κ1) is 21.8. The predicted molar refractivity (Wildman–Crippen MR) is 107 cm³/mol. The van der Waals surface area contributed by atoms with Crippen LogP contribution in [0, 0.1) is 11.3 Å². The molecule has 0 aromatic heterocycles. The van der Waals surface area contributed by atoms with Crippen molar-refractivity contribution in [2.45, 2.75) is 79.2 Å². The van der Waals surface area contributed by atoms with Gasteiger partial charge in [0.25, 0.3) is 0 Å². The van der Waals surface area contributed by atoms with Gasteiger partial charge in [-0.15, -0.1) is 0 Å². The molecule has 1 aliphatic rings. The molecule has 0 saturated carbocycles. The second-order valence-corrected chi connectivity index (χ2v) is 8.42. The molecule has 0 bridgehead atoms. The molecule has 0 aliphatic carbocycles. The Labute approximate surface area is 155 Å². The van der Waals surface area contributed by atoms with E-state index in [4.69, 9.17) is 0 Å². The number of hydrogen-bond acceptors (Lipinski definition) is 2. The molecule has 0 atom stereocenters. The SMILES string of the molecule is CCC(CC)C(=O)N1CCC(NC(=NC)NCCCC(C)(C)C)CC1. The van der Waals surface area contributed by atoms with Crippen LogP contribution >= 0.6 is 0 Å². The Morgan fingerprint density at radius 1 is 1.20 bits per heavy atom. The summed E-state index contributed by atoms with van der Waals surface area (Å²) in [5.74, 6) is 1.42. The first-order valence-electron chi connectivity index (χ1n) is 10.1. The Morgan fingerprint density at radius 3 is 2.28 bits per heavy atom. The highest BCUT2D eigenvalue weighted by atomic mass is 16.2. The highest BCUT2D eigenvalue weighted by molar-refractivity contribution is 5.80. The maximum Gasteiger partial charge on any atom is 0.225 e. The second kappa shape index (κ2) is 10.7. The molecule has 5 nitrogen and oxygen atoms in total. The first-order chi connectivity index (χ1) is 11.8. The van der Waals surface area contributed by atoms with E-state index in [2.05, 4.69) is 55.1 Å². The zero-order valence-electron chi connectivity index (χ0n) is 17.3.